The Labute approximate surface area is 126 Å². The lowest BCUT2D eigenvalue weighted by atomic mass is 9.95. The molecule has 1 aliphatic rings. The molecule has 0 aromatic carbocycles. The van der Waals surface area contributed by atoms with Gasteiger partial charge in [0.2, 0.25) is 0 Å². The molecule has 1 aromatic rings. The molecule has 2 amide bonds. The maximum atomic E-state index is 12.0. The van der Waals surface area contributed by atoms with Crippen LogP contribution in [0.3, 0.4) is 0 Å². The van der Waals surface area contributed by atoms with Crippen molar-refractivity contribution in [3.63, 3.8) is 0 Å². The molecule has 8 heteroatoms. The number of hydrogen-bond donors (Lipinski definition) is 3. The Bertz CT molecular complexity index is 556. The lowest BCUT2D eigenvalue weighted by molar-refractivity contribution is -0.00253. The van der Waals surface area contributed by atoms with Crippen molar-refractivity contribution in [2.75, 3.05) is 13.1 Å². The number of carbonyl (C=O) groups is 2. The van der Waals surface area contributed by atoms with Crippen LogP contribution in [0.25, 0.3) is 0 Å². The van der Waals surface area contributed by atoms with Crippen LogP contribution in [0.4, 0.5) is 4.79 Å². The third-order valence-corrected chi connectivity index (χ3v) is 4.53. The molecular formula is C13H19N3O4S. The number of amides is 2. The van der Waals surface area contributed by atoms with E-state index in [-0.39, 0.29) is 17.5 Å². The van der Waals surface area contributed by atoms with E-state index in [9.17, 15) is 14.7 Å². The summed E-state index contributed by atoms with van der Waals surface area (Å²) in [5, 5.41) is 22.2. The van der Waals surface area contributed by atoms with Crippen molar-refractivity contribution in [1.29, 1.82) is 0 Å². The van der Waals surface area contributed by atoms with Gasteiger partial charge in [-0.25, -0.2) is 14.6 Å². The van der Waals surface area contributed by atoms with Gasteiger partial charge in [-0.05, 0) is 26.7 Å². The highest BCUT2D eigenvalue weighted by atomic mass is 32.1. The lowest BCUT2D eigenvalue weighted by Crippen LogP contribution is -2.51. The molecule has 21 heavy (non-hydrogen) atoms. The summed E-state index contributed by atoms with van der Waals surface area (Å²) in [7, 11) is 0. The smallest absolute Gasteiger partial charge is 0.347 e. The van der Waals surface area contributed by atoms with Crippen LogP contribution in [0.15, 0.2) is 0 Å². The Morgan fingerprint density at radius 1 is 1.52 bits per heavy atom. The second-order valence-electron chi connectivity index (χ2n) is 5.51. The summed E-state index contributed by atoms with van der Waals surface area (Å²) in [6.07, 6.45) is 1.45. The highest BCUT2D eigenvalue weighted by molar-refractivity contribution is 7.13. The number of likely N-dealkylation sites (tertiary alicyclic amines) is 1. The van der Waals surface area contributed by atoms with Gasteiger partial charge >= 0.3 is 12.0 Å². The van der Waals surface area contributed by atoms with E-state index in [2.05, 4.69) is 10.3 Å². The van der Waals surface area contributed by atoms with Crippen molar-refractivity contribution in [2.24, 2.45) is 0 Å². The number of piperidine rings is 1. The predicted octanol–water partition coefficient (Wildman–Crippen LogP) is 1.21. The van der Waals surface area contributed by atoms with Gasteiger partial charge in [0.1, 0.15) is 9.88 Å². The van der Waals surface area contributed by atoms with Crippen LogP contribution in [0.2, 0.25) is 0 Å². The number of hydrogen-bond acceptors (Lipinski definition) is 5. The first-order chi connectivity index (χ1) is 9.78. The van der Waals surface area contributed by atoms with Crippen molar-refractivity contribution in [2.45, 2.75) is 38.8 Å². The van der Waals surface area contributed by atoms with Crippen LogP contribution in [0, 0.1) is 6.92 Å². The van der Waals surface area contributed by atoms with E-state index >= 15 is 0 Å². The van der Waals surface area contributed by atoms with Gasteiger partial charge in [0.05, 0.1) is 24.4 Å². The number of β-amino-alcohol motifs (C(OH)–C–C–N with tert-alkyl or cyclic N) is 1. The molecule has 2 rings (SSSR count). The van der Waals surface area contributed by atoms with Crippen LogP contribution in [0.5, 0.6) is 0 Å². The fourth-order valence-electron chi connectivity index (χ4n) is 2.38. The average Bonchev–Trinajstić information content (AvgIpc) is 2.76. The Morgan fingerprint density at radius 3 is 2.81 bits per heavy atom. The Balaban J connectivity index is 1.92. The van der Waals surface area contributed by atoms with E-state index in [0.717, 1.165) is 17.8 Å². The molecule has 116 valence electrons. The Morgan fingerprint density at radius 2 is 2.24 bits per heavy atom. The lowest BCUT2D eigenvalue weighted by Gasteiger charge is -2.36. The quantitative estimate of drug-likeness (QED) is 0.778. The zero-order chi connectivity index (χ0) is 15.6. The Hall–Kier alpha value is -1.67. The summed E-state index contributed by atoms with van der Waals surface area (Å²) < 4.78 is 0. The molecule has 1 aromatic heterocycles. The number of aromatic carboxylic acids is 1. The first kappa shape index (κ1) is 15.7. The summed E-state index contributed by atoms with van der Waals surface area (Å²) in [6.45, 7) is 4.45. The predicted molar refractivity (Wildman–Crippen MR) is 77.5 cm³/mol. The number of carbonyl (C=O) groups excluding carboxylic acids is 1. The normalized spacial score (nSPS) is 22.1. The number of nitrogens with zero attached hydrogens (tertiary/aromatic N) is 2. The molecule has 0 bridgehead atoms. The zero-order valence-electron chi connectivity index (χ0n) is 12.0. The fourth-order valence-corrected chi connectivity index (χ4v) is 3.23. The van der Waals surface area contributed by atoms with Gasteiger partial charge in [0, 0.05) is 6.54 Å². The van der Waals surface area contributed by atoms with Crippen LogP contribution in [-0.4, -0.2) is 50.8 Å². The van der Waals surface area contributed by atoms with E-state index in [4.69, 9.17) is 5.11 Å². The molecule has 0 spiro atoms. The minimum atomic E-state index is -1.00. The largest absolute Gasteiger partial charge is 0.477 e. The second kappa shape index (κ2) is 5.98. The maximum Gasteiger partial charge on any atom is 0.347 e. The zero-order valence-corrected chi connectivity index (χ0v) is 12.9. The molecular weight excluding hydrogens is 294 g/mol. The van der Waals surface area contributed by atoms with Crippen molar-refractivity contribution in [3.8, 4) is 0 Å². The van der Waals surface area contributed by atoms with Crippen molar-refractivity contribution < 1.29 is 19.8 Å². The minimum Gasteiger partial charge on any atom is -0.477 e. The van der Waals surface area contributed by atoms with Gasteiger partial charge in [0.25, 0.3) is 0 Å². The van der Waals surface area contributed by atoms with E-state index < -0.39 is 11.6 Å². The molecule has 7 nitrogen and oxygen atoms in total. The second-order valence-corrected chi connectivity index (χ2v) is 6.59. The fraction of sp³-hybridized carbons (Fsp3) is 0.615. The molecule has 0 saturated carbocycles. The highest BCUT2D eigenvalue weighted by Gasteiger charge is 2.30. The summed E-state index contributed by atoms with van der Waals surface area (Å²) in [5.41, 5.74) is -0.387. The molecule has 3 N–H and O–H groups in total. The first-order valence-electron chi connectivity index (χ1n) is 6.73. The van der Waals surface area contributed by atoms with E-state index in [1.165, 1.54) is 0 Å². The molecule has 1 saturated heterocycles. The van der Waals surface area contributed by atoms with Crippen LogP contribution < -0.4 is 5.32 Å². The Kier molecular flexibility index (Phi) is 4.48. The number of rotatable bonds is 3. The molecule has 2 heterocycles. The number of urea groups is 1. The third-order valence-electron chi connectivity index (χ3n) is 3.39. The number of carboxylic acid groups (broad SMARTS) is 1. The van der Waals surface area contributed by atoms with Crippen molar-refractivity contribution in [3.05, 3.63) is 15.6 Å². The number of nitrogens with one attached hydrogen (secondary N) is 1. The summed E-state index contributed by atoms with van der Waals surface area (Å²) in [6, 6.07) is -0.264. The summed E-state index contributed by atoms with van der Waals surface area (Å²) >= 11 is 1.06. The van der Waals surface area contributed by atoms with Crippen molar-refractivity contribution >= 4 is 23.3 Å². The van der Waals surface area contributed by atoms with Crippen molar-refractivity contribution in [1.82, 2.24) is 15.2 Å². The monoisotopic (exact) mass is 313 g/mol. The number of aryl methyl sites for hydroxylation is 1. The van der Waals surface area contributed by atoms with Gasteiger partial charge < -0.3 is 20.4 Å². The van der Waals surface area contributed by atoms with Crippen LogP contribution in [-0.2, 0) is 6.54 Å². The SMILES string of the molecule is Cc1nc(CNC(=O)N2CCCC(C)(O)C2)sc1C(=O)O. The van der Waals surface area contributed by atoms with Gasteiger partial charge in [-0.1, -0.05) is 0 Å². The topological polar surface area (TPSA) is 103 Å². The number of carboxylic acids is 1. The standard InChI is InChI=1S/C13H19N3O4S/c1-8-10(11(17)18)21-9(15-8)6-14-12(19)16-5-3-4-13(2,20)7-16/h20H,3-7H2,1-2H3,(H,14,19)(H,17,18). The van der Waals surface area contributed by atoms with E-state index in [1.54, 1.807) is 18.7 Å². The summed E-state index contributed by atoms with van der Waals surface area (Å²) in [4.78, 5) is 28.9. The van der Waals surface area contributed by atoms with Crippen LogP contribution in [0.1, 0.15) is 40.1 Å². The number of aliphatic hydroxyl groups is 1. The number of aromatic nitrogens is 1. The molecule has 1 aliphatic heterocycles. The van der Waals surface area contributed by atoms with Crippen LogP contribution >= 0.6 is 11.3 Å². The van der Waals surface area contributed by atoms with Gasteiger partial charge in [-0.2, -0.15) is 0 Å². The van der Waals surface area contributed by atoms with Gasteiger partial charge in [-0.3, -0.25) is 0 Å². The van der Waals surface area contributed by atoms with Gasteiger partial charge in [0.15, 0.2) is 0 Å². The first-order valence-corrected chi connectivity index (χ1v) is 7.55. The van der Waals surface area contributed by atoms with E-state index in [1.807, 2.05) is 0 Å². The molecule has 1 fully saturated rings. The number of thiazole rings is 1. The maximum absolute atomic E-state index is 12.0. The van der Waals surface area contributed by atoms with E-state index in [0.29, 0.717) is 30.2 Å². The minimum absolute atomic E-state index is 0.191. The molecule has 1 unspecified atom stereocenters. The summed E-state index contributed by atoms with van der Waals surface area (Å²) in [5.74, 6) is -1.00. The molecule has 0 radical (unpaired) electrons. The van der Waals surface area contributed by atoms with Gasteiger partial charge in [-0.15, -0.1) is 11.3 Å². The molecule has 1 atom stereocenters. The third kappa shape index (κ3) is 3.92. The highest BCUT2D eigenvalue weighted by Crippen LogP contribution is 2.21. The molecule has 0 aliphatic carbocycles. The average molecular weight is 313 g/mol.